The molecule has 0 aliphatic rings. The van der Waals surface area contributed by atoms with Crippen molar-refractivity contribution in [3.8, 4) is 0 Å². The SMILES string of the molecule is CC(C)(C)CC(O)CO.CC(C)(C)COCCO. The Hall–Kier alpha value is -0.160. The summed E-state index contributed by atoms with van der Waals surface area (Å²) in [4.78, 5) is 0. The topological polar surface area (TPSA) is 69.9 Å². The molecule has 0 aromatic rings. The fourth-order valence-electron chi connectivity index (χ4n) is 1.21. The summed E-state index contributed by atoms with van der Waals surface area (Å²) in [5.74, 6) is 0. The highest BCUT2D eigenvalue weighted by Crippen LogP contribution is 2.20. The molecule has 1 unspecified atom stereocenters. The highest BCUT2D eigenvalue weighted by atomic mass is 16.5. The first-order valence-corrected chi connectivity index (χ1v) is 6.49. The fourth-order valence-corrected chi connectivity index (χ4v) is 1.21. The van der Waals surface area contributed by atoms with Crippen molar-refractivity contribution in [3.05, 3.63) is 0 Å². The molecule has 4 nitrogen and oxygen atoms in total. The van der Waals surface area contributed by atoms with Crippen LogP contribution in [0.1, 0.15) is 48.0 Å². The maximum Gasteiger partial charge on any atom is 0.0775 e. The molecule has 1 atom stereocenters. The molecule has 0 aliphatic carbocycles. The van der Waals surface area contributed by atoms with Crippen LogP contribution in [0.15, 0.2) is 0 Å². The van der Waals surface area contributed by atoms with E-state index < -0.39 is 6.10 Å². The zero-order chi connectivity index (χ0) is 14.8. The van der Waals surface area contributed by atoms with Crippen LogP contribution in [0.25, 0.3) is 0 Å². The van der Waals surface area contributed by atoms with Crippen molar-refractivity contribution in [1.82, 2.24) is 0 Å². The van der Waals surface area contributed by atoms with E-state index in [9.17, 15) is 0 Å². The molecule has 0 saturated heterocycles. The van der Waals surface area contributed by atoms with Crippen LogP contribution >= 0.6 is 0 Å². The maximum absolute atomic E-state index is 8.94. The summed E-state index contributed by atoms with van der Waals surface area (Å²) in [6.45, 7) is 13.6. The van der Waals surface area contributed by atoms with Gasteiger partial charge in [0.25, 0.3) is 0 Å². The molecule has 0 saturated carbocycles. The lowest BCUT2D eigenvalue weighted by Gasteiger charge is -2.20. The van der Waals surface area contributed by atoms with Crippen LogP contribution < -0.4 is 0 Å². The summed E-state index contributed by atoms with van der Waals surface area (Å²) in [5.41, 5.74) is 0.331. The monoisotopic (exact) mass is 264 g/mol. The smallest absolute Gasteiger partial charge is 0.0775 e. The van der Waals surface area contributed by atoms with Crippen LogP contribution in [0.3, 0.4) is 0 Å². The molecule has 0 spiro atoms. The van der Waals surface area contributed by atoms with E-state index in [0.717, 1.165) is 0 Å². The van der Waals surface area contributed by atoms with Crippen molar-refractivity contribution in [2.24, 2.45) is 10.8 Å². The van der Waals surface area contributed by atoms with Gasteiger partial charge in [-0.05, 0) is 17.3 Å². The second kappa shape index (κ2) is 9.73. The summed E-state index contributed by atoms with van der Waals surface area (Å²) in [7, 11) is 0. The summed E-state index contributed by atoms with van der Waals surface area (Å²) >= 11 is 0. The van der Waals surface area contributed by atoms with Crippen LogP contribution in [0, 0.1) is 10.8 Å². The van der Waals surface area contributed by atoms with Gasteiger partial charge < -0.3 is 20.1 Å². The first-order chi connectivity index (χ1) is 8.02. The zero-order valence-corrected chi connectivity index (χ0v) is 12.9. The van der Waals surface area contributed by atoms with Crippen molar-refractivity contribution in [3.63, 3.8) is 0 Å². The molecular formula is C14H32O4. The van der Waals surface area contributed by atoms with E-state index in [1.165, 1.54) is 0 Å². The molecule has 0 amide bonds. The van der Waals surface area contributed by atoms with Crippen LogP contribution in [0.2, 0.25) is 0 Å². The Bertz CT molecular complexity index is 179. The van der Waals surface area contributed by atoms with Gasteiger partial charge in [0.15, 0.2) is 0 Å². The third kappa shape index (κ3) is 21.2. The minimum atomic E-state index is -0.551. The number of rotatable bonds is 5. The van der Waals surface area contributed by atoms with Crippen LogP contribution in [-0.4, -0.2) is 47.9 Å². The van der Waals surface area contributed by atoms with Gasteiger partial charge >= 0.3 is 0 Å². The second-order valence-corrected chi connectivity index (χ2v) is 6.94. The summed E-state index contributed by atoms with van der Waals surface area (Å²) < 4.78 is 5.10. The Labute approximate surface area is 112 Å². The summed E-state index contributed by atoms with van der Waals surface area (Å²) in [5, 5.41) is 25.7. The Balaban J connectivity index is 0. The first kappa shape index (κ1) is 20.2. The number of hydrogen-bond acceptors (Lipinski definition) is 4. The van der Waals surface area contributed by atoms with Crippen LogP contribution in [-0.2, 0) is 4.74 Å². The Kier molecular flexibility index (Phi) is 10.9. The van der Waals surface area contributed by atoms with Gasteiger partial charge in [0, 0.05) is 0 Å². The van der Waals surface area contributed by atoms with Gasteiger partial charge in [-0.25, -0.2) is 0 Å². The molecule has 0 aliphatic heterocycles. The van der Waals surface area contributed by atoms with E-state index in [0.29, 0.717) is 19.6 Å². The van der Waals surface area contributed by atoms with Crippen molar-refractivity contribution >= 4 is 0 Å². The summed E-state index contributed by atoms with van der Waals surface area (Å²) in [6, 6.07) is 0. The Morgan fingerprint density at radius 2 is 1.44 bits per heavy atom. The minimum absolute atomic E-state index is 0.113. The first-order valence-electron chi connectivity index (χ1n) is 6.49. The fraction of sp³-hybridized carbons (Fsp3) is 1.00. The normalized spacial score (nSPS) is 13.8. The van der Waals surface area contributed by atoms with Crippen molar-refractivity contribution < 1.29 is 20.1 Å². The third-order valence-electron chi connectivity index (χ3n) is 1.83. The number of aliphatic hydroxyl groups is 3. The lowest BCUT2D eigenvalue weighted by atomic mass is 9.89. The lowest BCUT2D eigenvalue weighted by molar-refractivity contribution is 0.0464. The summed E-state index contributed by atoms with van der Waals surface area (Å²) in [6.07, 6.45) is 0.105. The average molecular weight is 264 g/mol. The molecule has 0 aromatic heterocycles. The number of aliphatic hydroxyl groups excluding tert-OH is 3. The largest absolute Gasteiger partial charge is 0.394 e. The standard InChI is InChI=1S/2C7H16O2/c1-7(2,3)4-6(9)5-8;1-7(2,3)6-9-5-4-8/h6,8-9H,4-5H2,1-3H3;8H,4-6H2,1-3H3. The van der Waals surface area contributed by atoms with Gasteiger partial charge in [0.05, 0.1) is 32.5 Å². The van der Waals surface area contributed by atoms with Gasteiger partial charge in [-0.1, -0.05) is 41.5 Å². The molecule has 3 N–H and O–H groups in total. The molecule has 18 heavy (non-hydrogen) atoms. The molecule has 0 fully saturated rings. The van der Waals surface area contributed by atoms with E-state index in [-0.39, 0.29) is 24.0 Å². The van der Waals surface area contributed by atoms with Gasteiger partial charge in [-0.15, -0.1) is 0 Å². The van der Waals surface area contributed by atoms with Crippen molar-refractivity contribution in [2.75, 3.05) is 26.4 Å². The van der Waals surface area contributed by atoms with E-state index in [4.69, 9.17) is 20.1 Å². The quantitative estimate of drug-likeness (QED) is 0.662. The molecule has 0 rings (SSSR count). The van der Waals surface area contributed by atoms with E-state index in [1.807, 2.05) is 20.8 Å². The highest BCUT2D eigenvalue weighted by Gasteiger charge is 2.15. The molecule has 0 radical (unpaired) electrons. The molecule has 112 valence electrons. The lowest BCUT2D eigenvalue weighted by Crippen LogP contribution is -2.20. The molecule has 0 bridgehead atoms. The number of ether oxygens (including phenoxy) is 1. The molecule has 4 heteroatoms. The average Bonchev–Trinajstić information content (AvgIpc) is 2.14. The zero-order valence-electron chi connectivity index (χ0n) is 12.9. The molecule has 0 aromatic carbocycles. The highest BCUT2D eigenvalue weighted by molar-refractivity contribution is 4.66. The Morgan fingerprint density at radius 1 is 0.944 bits per heavy atom. The van der Waals surface area contributed by atoms with Crippen LogP contribution in [0.5, 0.6) is 0 Å². The van der Waals surface area contributed by atoms with Gasteiger partial charge in [-0.2, -0.15) is 0 Å². The third-order valence-corrected chi connectivity index (χ3v) is 1.83. The Morgan fingerprint density at radius 3 is 1.67 bits per heavy atom. The van der Waals surface area contributed by atoms with Crippen molar-refractivity contribution in [1.29, 1.82) is 0 Å². The van der Waals surface area contributed by atoms with E-state index in [1.54, 1.807) is 0 Å². The van der Waals surface area contributed by atoms with Crippen LogP contribution in [0.4, 0.5) is 0 Å². The molecular weight excluding hydrogens is 232 g/mol. The maximum atomic E-state index is 8.94. The number of hydrogen-bond donors (Lipinski definition) is 3. The van der Waals surface area contributed by atoms with Crippen molar-refractivity contribution in [2.45, 2.75) is 54.1 Å². The van der Waals surface area contributed by atoms with Gasteiger partial charge in [-0.3, -0.25) is 0 Å². The predicted molar refractivity (Wildman–Crippen MR) is 74.5 cm³/mol. The minimum Gasteiger partial charge on any atom is -0.394 e. The van der Waals surface area contributed by atoms with E-state index >= 15 is 0 Å². The van der Waals surface area contributed by atoms with E-state index in [2.05, 4.69) is 20.8 Å². The predicted octanol–water partition coefficient (Wildman–Crippen LogP) is 1.82. The second-order valence-electron chi connectivity index (χ2n) is 6.94. The van der Waals surface area contributed by atoms with Gasteiger partial charge in [0.2, 0.25) is 0 Å². The molecule has 0 heterocycles. The van der Waals surface area contributed by atoms with Gasteiger partial charge in [0.1, 0.15) is 0 Å².